The molecule has 1 unspecified atom stereocenters. The highest BCUT2D eigenvalue weighted by Gasteiger charge is 2.44. The Morgan fingerprint density at radius 3 is 2.67 bits per heavy atom. The second-order valence-electron chi connectivity index (χ2n) is 10.4. The molecule has 1 aliphatic heterocycles. The number of rotatable bonds is 10. The maximum absolute atomic E-state index is 13.0. The Balaban J connectivity index is 1.46. The number of anilines is 2. The molecule has 1 saturated heterocycles. The summed E-state index contributed by atoms with van der Waals surface area (Å²) >= 11 is 5.93. The maximum Gasteiger partial charge on any atom is 0.530 e. The molecule has 1 aliphatic rings. The average molecular weight is 599 g/mol. The summed E-state index contributed by atoms with van der Waals surface area (Å²) in [6.45, 7) is 7.09. The number of nitrogens with zero attached hydrogens (tertiary/aromatic N) is 5. The number of aromatic nitrogens is 4. The highest BCUT2D eigenvalue weighted by atomic mass is 35.5. The summed E-state index contributed by atoms with van der Waals surface area (Å²) in [5, 5.41) is 11.1. The van der Waals surface area contributed by atoms with Gasteiger partial charge >= 0.3 is 13.8 Å². The first-order valence-electron chi connectivity index (χ1n) is 12.4. The van der Waals surface area contributed by atoms with Crippen molar-refractivity contribution in [2.75, 3.05) is 24.0 Å². The maximum atomic E-state index is 13.0. The number of phosphoric acid groups is 1. The van der Waals surface area contributed by atoms with Gasteiger partial charge in [0.15, 0.2) is 17.5 Å². The molecule has 40 heavy (non-hydrogen) atoms. The third-order valence-electron chi connectivity index (χ3n) is 5.91. The molecule has 4 rings (SSSR count). The van der Waals surface area contributed by atoms with E-state index in [0.29, 0.717) is 5.69 Å². The fraction of sp³-hybridized carbons (Fsp3) is 0.500. The Morgan fingerprint density at radius 1 is 1.32 bits per heavy atom. The van der Waals surface area contributed by atoms with Crippen molar-refractivity contribution in [3.8, 4) is 0 Å². The number of carbonyl (C=O) groups excluding carboxylic acids is 1. The van der Waals surface area contributed by atoms with Gasteiger partial charge in [-0.05, 0) is 36.1 Å². The molecule has 0 amide bonds. The minimum atomic E-state index is -4.97. The smallest absolute Gasteiger partial charge is 0.394 e. The lowest BCUT2D eigenvalue weighted by Crippen LogP contribution is -2.41. The number of nitrogen functional groups attached to an aromatic ring is 1. The Labute approximate surface area is 235 Å². The van der Waals surface area contributed by atoms with Gasteiger partial charge in [0.2, 0.25) is 5.28 Å². The molecule has 3 heterocycles. The number of benzene rings is 1. The van der Waals surface area contributed by atoms with E-state index in [1.807, 2.05) is 26.8 Å². The van der Waals surface area contributed by atoms with Crippen LogP contribution in [-0.4, -0.2) is 67.0 Å². The molecule has 14 nitrogen and oxygen atoms in total. The fourth-order valence-corrected chi connectivity index (χ4v) is 5.15. The molecule has 1 fully saturated rings. The van der Waals surface area contributed by atoms with Crippen molar-refractivity contribution in [3.05, 3.63) is 41.9 Å². The molecule has 3 aromatic rings. The number of nitrogens with two attached hydrogens (primary N) is 1. The fourth-order valence-electron chi connectivity index (χ4n) is 3.99. The van der Waals surface area contributed by atoms with Crippen molar-refractivity contribution in [2.24, 2.45) is 5.41 Å². The van der Waals surface area contributed by atoms with Gasteiger partial charge in [0.05, 0.1) is 25.2 Å². The van der Waals surface area contributed by atoms with E-state index in [4.69, 9.17) is 36.0 Å². The zero-order valence-electron chi connectivity index (χ0n) is 22.4. The number of halogens is 1. The molecule has 16 heteroatoms. The number of para-hydroxylation sites is 1. The highest BCUT2D eigenvalue weighted by Crippen LogP contribution is 2.49. The first-order chi connectivity index (χ1) is 18.8. The van der Waals surface area contributed by atoms with Crippen molar-refractivity contribution in [1.29, 1.82) is 0 Å². The lowest BCUT2D eigenvalue weighted by molar-refractivity contribution is -0.140. The summed E-state index contributed by atoms with van der Waals surface area (Å²) in [6, 6.07) is 7.70. The van der Waals surface area contributed by atoms with Crippen LogP contribution in [0.2, 0.25) is 5.28 Å². The first kappa shape index (κ1) is 30.1. The van der Waals surface area contributed by atoms with E-state index in [2.05, 4.69) is 15.0 Å². The van der Waals surface area contributed by atoms with Gasteiger partial charge in [0, 0.05) is 6.42 Å². The van der Waals surface area contributed by atoms with E-state index in [1.54, 1.807) is 24.3 Å². The Morgan fingerprint density at radius 2 is 2.02 bits per heavy atom. The summed E-state index contributed by atoms with van der Waals surface area (Å²) < 4.78 is 30.5. The number of hydroxylamine groups is 1. The van der Waals surface area contributed by atoms with Crippen LogP contribution in [0.3, 0.4) is 0 Å². The molecule has 218 valence electrons. The van der Waals surface area contributed by atoms with Crippen LogP contribution in [0.25, 0.3) is 11.2 Å². The monoisotopic (exact) mass is 598 g/mol. The first-order valence-corrected chi connectivity index (χ1v) is 14.3. The number of phosphoric ester groups is 1. The van der Waals surface area contributed by atoms with E-state index < -0.39 is 44.9 Å². The molecule has 2 aromatic heterocycles. The van der Waals surface area contributed by atoms with Crippen LogP contribution in [0.5, 0.6) is 0 Å². The van der Waals surface area contributed by atoms with E-state index in [1.165, 1.54) is 22.9 Å². The predicted molar refractivity (Wildman–Crippen MR) is 145 cm³/mol. The molecule has 0 saturated carbocycles. The summed E-state index contributed by atoms with van der Waals surface area (Å²) in [6.07, 6.45) is -1.58. The summed E-state index contributed by atoms with van der Waals surface area (Å²) in [5.74, 6) is -0.989. The molecule has 1 aromatic carbocycles. The Hall–Kier alpha value is -2.84. The molecule has 0 aliphatic carbocycles. The van der Waals surface area contributed by atoms with Gasteiger partial charge < -0.3 is 20.1 Å². The lowest BCUT2D eigenvalue weighted by Gasteiger charge is -2.32. The second-order valence-corrected chi connectivity index (χ2v) is 12.1. The van der Waals surface area contributed by atoms with Crippen LogP contribution >= 0.6 is 19.4 Å². The van der Waals surface area contributed by atoms with Crippen LogP contribution in [-0.2, 0) is 28.0 Å². The molecular weight excluding hydrogens is 567 g/mol. The number of aliphatic hydroxyl groups is 1. The topological polar surface area (TPSA) is 184 Å². The van der Waals surface area contributed by atoms with Gasteiger partial charge in [-0.15, -0.1) is 0 Å². The SMILES string of the molecule is C[C@@H](C(=O)OP(=O)(O)O[C@H]1C[C@H](n2cnc3c(N)nc(Cl)nc32)O[C@@H]1CO)N(OCC(C)(C)C)c1ccccc1. The van der Waals surface area contributed by atoms with Gasteiger partial charge in [0.1, 0.15) is 24.0 Å². The number of imidazole rings is 1. The largest absolute Gasteiger partial charge is 0.530 e. The standard InChI is InChI=1S/C24H32ClN6O8P/c1-14(31(36-12-24(2,3)4)15-8-6-5-7-9-15)22(33)39-40(34,35)38-16-10-18(37-17(16)11-32)30-13-27-19-20(26)28-23(25)29-21(19)30/h5-9,13-14,16-18,32H,10-12H2,1-4H3,(H,34,35)(H2,26,28,29)/t14-,16-,17+,18+/m0/s1. The van der Waals surface area contributed by atoms with Crippen LogP contribution in [0.15, 0.2) is 36.7 Å². The molecule has 4 N–H and O–H groups in total. The second kappa shape index (κ2) is 12.0. The molecule has 0 radical (unpaired) electrons. The van der Waals surface area contributed by atoms with Gasteiger partial charge in [0.25, 0.3) is 0 Å². The highest BCUT2D eigenvalue weighted by molar-refractivity contribution is 7.48. The van der Waals surface area contributed by atoms with E-state index in [9.17, 15) is 19.4 Å². The van der Waals surface area contributed by atoms with Crippen molar-refractivity contribution >= 4 is 48.1 Å². The summed E-state index contributed by atoms with van der Waals surface area (Å²) in [5.41, 5.74) is 6.73. The number of hydrogen-bond donors (Lipinski definition) is 3. The Bertz CT molecular complexity index is 1390. The predicted octanol–water partition coefficient (Wildman–Crippen LogP) is 3.24. The zero-order valence-corrected chi connectivity index (χ0v) is 24.0. The number of carbonyl (C=O) groups is 1. The van der Waals surface area contributed by atoms with E-state index in [-0.39, 0.29) is 40.7 Å². The molecule has 0 spiro atoms. The van der Waals surface area contributed by atoms with Gasteiger partial charge in [-0.1, -0.05) is 39.0 Å². The molecule has 5 atom stereocenters. The summed E-state index contributed by atoms with van der Waals surface area (Å²) in [4.78, 5) is 41.5. The third kappa shape index (κ3) is 7.07. The van der Waals surface area contributed by atoms with Crippen LogP contribution < -0.4 is 10.8 Å². The van der Waals surface area contributed by atoms with Crippen molar-refractivity contribution < 1.29 is 38.0 Å². The number of fused-ring (bicyclic) bond motifs is 1. The quantitative estimate of drug-likeness (QED) is 0.176. The van der Waals surface area contributed by atoms with Crippen LogP contribution in [0.4, 0.5) is 11.5 Å². The van der Waals surface area contributed by atoms with Gasteiger partial charge in [-0.3, -0.25) is 18.8 Å². The number of aliphatic hydroxyl groups excluding tert-OH is 1. The summed E-state index contributed by atoms with van der Waals surface area (Å²) in [7, 11) is -4.97. The molecule has 0 bridgehead atoms. The normalized spacial score (nSPS) is 21.7. The van der Waals surface area contributed by atoms with Gasteiger partial charge in [-0.2, -0.15) is 9.97 Å². The van der Waals surface area contributed by atoms with Crippen molar-refractivity contribution in [2.45, 2.75) is 58.6 Å². The van der Waals surface area contributed by atoms with Crippen molar-refractivity contribution in [1.82, 2.24) is 19.5 Å². The van der Waals surface area contributed by atoms with Crippen molar-refractivity contribution in [3.63, 3.8) is 0 Å². The number of hydrogen-bond acceptors (Lipinski definition) is 12. The zero-order chi connectivity index (χ0) is 29.2. The minimum Gasteiger partial charge on any atom is -0.394 e. The number of ether oxygens (including phenoxy) is 1. The van der Waals surface area contributed by atoms with Crippen LogP contribution in [0.1, 0.15) is 40.3 Å². The lowest BCUT2D eigenvalue weighted by atomic mass is 9.99. The minimum absolute atomic E-state index is 0.0132. The average Bonchev–Trinajstić information content (AvgIpc) is 3.47. The Kier molecular flexibility index (Phi) is 9.00. The van der Waals surface area contributed by atoms with E-state index in [0.717, 1.165) is 0 Å². The van der Waals surface area contributed by atoms with Gasteiger partial charge in [-0.25, -0.2) is 19.4 Å². The molecular formula is C24H32ClN6O8P. The third-order valence-corrected chi connectivity index (χ3v) is 7.02. The van der Waals surface area contributed by atoms with Crippen LogP contribution in [0, 0.1) is 5.41 Å². The van der Waals surface area contributed by atoms with E-state index >= 15 is 0 Å².